The van der Waals surface area contributed by atoms with E-state index in [0.29, 0.717) is 49.8 Å². The van der Waals surface area contributed by atoms with Crippen LogP contribution in [0.5, 0.6) is 0 Å². The predicted octanol–water partition coefficient (Wildman–Crippen LogP) is -2.08. The number of piperazine rings is 30. The molecule has 30 heterocycles. The van der Waals surface area contributed by atoms with Crippen molar-refractivity contribution in [1.82, 2.24) is 98.0 Å². The zero-order valence-corrected chi connectivity index (χ0v) is 71.2. The number of rotatable bonds is 10. The van der Waals surface area contributed by atoms with Crippen molar-refractivity contribution in [2.75, 3.05) is 341 Å². The zero-order chi connectivity index (χ0) is 79.8. The van der Waals surface area contributed by atoms with Gasteiger partial charge in [0.2, 0.25) is 11.8 Å². The number of esters is 2. The number of amides is 2. The number of ether oxygens (including phenoxy) is 2. The second-order valence-corrected chi connectivity index (χ2v) is 36.4. The molecule has 30 saturated heterocycles. The molecular formula is C84H156N22O8. The molecule has 12 unspecified atom stereocenters. The average molecular weight is 1600 g/mol. The first-order valence-corrected chi connectivity index (χ1v) is 44.3. The molecule has 0 aliphatic carbocycles. The molecule has 0 saturated carbocycles. The van der Waals surface area contributed by atoms with Gasteiger partial charge in [0.1, 0.15) is 18.9 Å². The van der Waals surface area contributed by atoms with Crippen molar-refractivity contribution >= 4 is 23.8 Å². The van der Waals surface area contributed by atoms with Gasteiger partial charge >= 0.3 is 11.9 Å². The molecule has 114 heavy (non-hydrogen) atoms. The number of methoxy groups -OCH3 is 1. The Labute approximate surface area is 686 Å². The maximum absolute atomic E-state index is 11.9. The van der Waals surface area contributed by atoms with E-state index in [1.165, 1.54) is 203 Å². The molecule has 30 heteroatoms. The zero-order valence-electron chi connectivity index (χ0n) is 71.2. The van der Waals surface area contributed by atoms with Crippen molar-refractivity contribution < 1.29 is 38.9 Å². The van der Waals surface area contributed by atoms with Crippen LogP contribution in [0.3, 0.4) is 0 Å². The van der Waals surface area contributed by atoms with E-state index >= 15 is 0 Å². The Morgan fingerprint density at radius 1 is 0.474 bits per heavy atom. The van der Waals surface area contributed by atoms with Crippen molar-refractivity contribution in [2.24, 2.45) is 11.5 Å². The lowest BCUT2D eigenvalue weighted by molar-refractivity contribution is -0.173. The van der Waals surface area contributed by atoms with E-state index in [2.05, 4.69) is 146 Å². The van der Waals surface area contributed by atoms with E-state index in [1.54, 1.807) is 0 Å². The molecule has 12 atom stereocenters. The van der Waals surface area contributed by atoms with Crippen LogP contribution in [0.4, 0.5) is 0 Å². The molecule has 30 fully saturated rings. The largest absolute Gasteiger partial charge is 0.468 e. The third-order valence-electron chi connectivity index (χ3n) is 28.4. The van der Waals surface area contributed by atoms with E-state index in [1.807, 2.05) is 23.6 Å². The van der Waals surface area contributed by atoms with Crippen molar-refractivity contribution in [1.29, 1.82) is 0 Å². The molecule has 2 amide bonds. The number of aliphatic hydroxyl groups is 2. The van der Waals surface area contributed by atoms with Gasteiger partial charge in [0, 0.05) is 363 Å². The number of carbonyl (C=O) groups is 4. The fourth-order valence-electron chi connectivity index (χ4n) is 21.3. The quantitative estimate of drug-likeness (QED) is 0.184. The average Bonchev–Trinajstić information content (AvgIpc) is 0.732. The highest BCUT2D eigenvalue weighted by atomic mass is 16.5. The second kappa shape index (κ2) is 43.6. The summed E-state index contributed by atoms with van der Waals surface area (Å²) in [5.41, 5.74) is 12.5. The minimum atomic E-state index is -0.292. The summed E-state index contributed by atoms with van der Waals surface area (Å²) in [5, 5.41) is 18.1. The molecule has 6 N–H and O–H groups in total. The Balaban J connectivity index is 0.000000125. The monoisotopic (exact) mass is 1600 g/mol. The van der Waals surface area contributed by atoms with E-state index in [4.69, 9.17) is 26.0 Å². The van der Waals surface area contributed by atoms with Gasteiger partial charge in [0.25, 0.3) is 0 Å². The highest BCUT2D eigenvalue weighted by molar-refractivity contribution is 5.87. The molecule has 0 spiro atoms. The van der Waals surface area contributed by atoms with Gasteiger partial charge in [0.05, 0.1) is 25.2 Å². The first kappa shape index (κ1) is 91.0. The van der Waals surface area contributed by atoms with Gasteiger partial charge in [-0.2, -0.15) is 0 Å². The second-order valence-electron chi connectivity index (χ2n) is 36.4. The van der Waals surface area contributed by atoms with Crippen molar-refractivity contribution in [3.63, 3.8) is 0 Å². The number of aliphatic hydroxyl groups excluding tert-OH is 2. The van der Waals surface area contributed by atoms with E-state index < -0.39 is 0 Å². The number of hydrogen-bond donors (Lipinski definition) is 4. The Bertz CT molecular complexity index is 2980. The van der Waals surface area contributed by atoms with Crippen molar-refractivity contribution in [3.8, 4) is 0 Å². The summed E-state index contributed by atoms with van der Waals surface area (Å²) in [7, 11) is 1.46. The van der Waals surface area contributed by atoms with Crippen LogP contribution in [0.25, 0.3) is 0 Å². The minimum Gasteiger partial charge on any atom is -0.468 e. The van der Waals surface area contributed by atoms with Crippen LogP contribution in [-0.2, 0) is 28.7 Å². The Morgan fingerprint density at radius 2 is 0.912 bits per heavy atom. The van der Waals surface area contributed by atoms with Crippen molar-refractivity contribution in [3.05, 3.63) is 35.9 Å². The normalized spacial score (nSPS) is 40.0. The molecular weight excluding hydrogens is 1450 g/mol. The lowest BCUT2D eigenvalue weighted by Gasteiger charge is -2.60. The van der Waals surface area contributed by atoms with Gasteiger partial charge < -0.3 is 41.0 Å². The van der Waals surface area contributed by atoms with Gasteiger partial charge in [-0.3, -0.25) is 107 Å². The third kappa shape index (κ3) is 24.3. The molecule has 30 nitrogen and oxygen atoms in total. The highest BCUT2D eigenvalue weighted by Gasteiger charge is 2.53. The van der Waals surface area contributed by atoms with Crippen molar-refractivity contribution in [2.45, 2.75) is 141 Å². The molecule has 0 radical (unpaired) electrons. The number of fused-ring (bicyclic) bond motifs is 30. The summed E-state index contributed by atoms with van der Waals surface area (Å²) in [6.45, 7) is 70.9. The van der Waals surface area contributed by atoms with Crippen LogP contribution in [-0.4, -0.2) is 533 Å². The van der Waals surface area contributed by atoms with Gasteiger partial charge in [-0.25, -0.2) is 0 Å². The summed E-state index contributed by atoms with van der Waals surface area (Å²) in [6.07, 6.45) is 3.28. The molecule has 650 valence electrons. The SMILES string of the molecule is C.CC(=O)OCC1CN2CCN1CC2.CC1(C)CN2CCN1C(C)(C)C2=O.CCC1CN2CCN1CC2C.COC(=O)C1CN2CCN1CC2.NCC1CN2CCN1CC2.NCCC1CN2CCN1CC2.O=C1CN2CCN1CC2.OC1CN2CCN1CC2.OCCC1CN2CCN1CC2.c1ccc(C2CN3CCN2CC3)cc1. The first-order valence-electron chi connectivity index (χ1n) is 44.3. The summed E-state index contributed by atoms with van der Waals surface area (Å²) in [6, 6.07) is 15.7. The van der Waals surface area contributed by atoms with Crippen LogP contribution in [0.1, 0.15) is 86.8 Å². The number of nitrogens with zero attached hydrogens (tertiary/aromatic N) is 20. The van der Waals surface area contributed by atoms with Crippen LogP contribution >= 0.6 is 0 Å². The molecule has 30 aliphatic rings. The van der Waals surface area contributed by atoms with Crippen LogP contribution < -0.4 is 11.5 Å². The summed E-state index contributed by atoms with van der Waals surface area (Å²) in [5.74, 6) is 0.350. The van der Waals surface area contributed by atoms with Crippen LogP contribution in [0, 0.1) is 0 Å². The Kier molecular flexibility index (Phi) is 34.8. The molecule has 30 aliphatic heterocycles. The number of hydrogen-bond acceptors (Lipinski definition) is 28. The van der Waals surface area contributed by atoms with E-state index in [9.17, 15) is 24.3 Å². The smallest absolute Gasteiger partial charge is 0.324 e. The van der Waals surface area contributed by atoms with Gasteiger partial charge in [-0.15, -0.1) is 0 Å². The maximum Gasteiger partial charge on any atom is 0.324 e. The van der Waals surface area contributed by atoms with Gasteiger partial charge in [-0.05, 0) is 66.0 Å². The third-order valence-corrected chi connectivity index (χ3v) is 28.4. The first-order chi connectivity index (χ1) is 54.6. The molecule has 0 aromatic heterocycles. The minimum absolute atomic E-state index is 0. The van der Waals surface area contributed by atoms with Gasteiger partial charge in [0.15, 0.2) is 0 Å². The number of benzene rings is 1. The maximum atomic E-state index is 11.9. The van der Waals surface area contributed by atoms with Crippen LogP contribution in [0.15, 0.2) is 30.3 Å². The molecule has 20 bridgehead atoms. The Morgan fingerprint density at radius 3 is 1.23 bits per heavy atom. The fraction of sp³-hybridized carbons (Fsp3) is 0.881. The highest BCUT2D eigenvalue weighted by Crippen LogP contribution is 2.37. The molecule has 1 aromatic carbocycles. The lowest BCUT2D eigenvalue weighted by atomic mass is 9.84. The standard InChI is InChI=1S/C12H16N2.C10H18N2O.C9H16N2O2.C9H18N2.C8H17N3.C8H14N2O2.C8H16N2O.C7H15N3.C6H12N2O.C6H10N2O.CH4/c1-2-4-11(5-3-1)12-10-13-6-8-14(12)9-7-13;1-9(2)7-11-5-6-12(9)10(3,4)8(11)13;1-8(12)13-7-9-6-10-2-4-11(9)5-3-10;1-3-9-7-10-4-5-11(9)6-8(10)2;9-2-1-8-7-10-3-5-11(8)6-4-10;1-12-8(11)7-6-9-2-4-10(7)5-3-9;11-6-1-8-7-9-2-4-10(8)5-3-9;8-5-7-6-9-1-3-10(7)4-2-9;2*9-6-5-7-1-3-8(6)4-2-7;/h1-5,12H,6-10H2;5-7H2,1-4H3;9H,2-7H2,1H3;8-9H,3-7H2,1-2H3;8H,1-7,9H2;7H,2-6H2,1H3;8,11H,1-7H2;7H,1-6,8H2;6,9H,1-5H2;1-5H2;1H4. The lowest BCUT2D eigenvalue weighted by Crippen LogP contribution is -2.76. The van der Waals surface area contributed by atoms with E-state index in [0.717, 1.165) is 169 Å². The number of carbonyl (C=O) groups excluding carboxylic acids is 4. The summed E-state index contributed by atoms with van der Waals surface area (Å²) >= 11 is 0. The van der Waals surface area contributed by atoms with Gasteiger partial charge in [-0.1, -0.05) is 44.7 Å². The number of nitrogens with two attached hydrogens (primary N) is 2. The molecule has 1 aromatic rings. The Hall–Kier alpha value is -3.78. The fourth-order valence-corrected chi connectivity index (χ4v) is 21.3. The topological polar surface area (TPSA) is 244 Å². The van der Waals surface area contributed by atoms with Crippen LogP contribution in [0.2, 0.25) is 0 Å². The molecule has 31 rings (SSSR count). The predicted molar refractivity (Wildman–Crippen MR) is 451 cm³/mol. The van der Waals surface area contributed by atoms with E-state index in [-0.39, 0.29) is 48.6 Å². The summed E-state index contributed by atoms with van der Waals surface area (Å²) in [4.78, 5) is 92.7. The summed E-state index contributed by atoms with van der Waals surface area (Å²) < 4.78 is 9.76.